The Morgan fingerprint density at radius 2 is 1.63 bits per heavy atom. The third-order valence-electron chi connectivity index (χ3n) is 5.35. The zero-order valence-corrected chi connectivity index (χ0v) is 20.6. The number of carboxylic acid groups (broad SMARTS) is 1. The molecule has 0 bridgehead atoms. The van der Waals surface area contributed by atoms with Crippen molar-refractivity contribution in [2.75, 3.05) is 16.9 Å². The first kappa shape index (κ1) is 26.1. The van der Waals surface area contributed by atoms with Gasteiger partial charge in [-0.1, -0.05) is 50.2 Å². The van der Waals surface area contributed by atoms with Crippen molar-refractivity contribution >= 4 is 33.1 Å². The van der Waals surface area contributed by atoms with Crippen LogP contribution in [0.2, 0.25) is 0 Å². The average molecular weight is 500 g/mol. The highest BCUT2D eigenvalue weighted by Crippen LogP contribution is 2.30. The molecule has 10 heteroatoms. The fourth-order valence-electron chi connectivity index (χ4n) is 3.51. The van der Waals surface area contributed by atoms with E-state index in [1.165, 1.54) is 0 Å². The highest BCUT2D eigenvalue weighted by Gasteiger charge is 2.28. The quantitative estimate of drug-likeness (QED) is 0.312. The summed E-state index contributed by atoms with van der Waals surface area (Å²) in [6.45, 7) is 4.00. The van der Waals surface area contributed by atoms with Gasteiger partial charge in [0, 0.05) is 11.7 Å². The molecule has 35 heavy (non-hydrogen) atoms. The molecule has 1 saturated carbocycles. The number of aliphatic carboxylic acids is 1. The third kappa shape index (κ3) is 6.77. The second-order valence-electron chi connectivity index (χ2n) is 8.21. The van der Waals surface area contributed by atoms with Gasteiger partial charge in [-0.3, -0.25) is 14.4 Å². The monoisotopic (exact) mass is 499 g/mol. The van der Waals surface area contributed by atoms with Crippen LogP contribution in [0.4, 0.5) is 17.1 Å². The topological polar surface area (TPSA) is 142 Å². The summed E-state index contributed by atoms with van der Waals surface area (Å²) in [7, 11) is -3.66. The number of carboxylic acids is 1. The Morgan fingerprint density at radius 3 is 2.20 bits per heavy atom. The minimum atomic E-state index is -3.66. The van der Waals surface area contributed by atoms with Crippen LogP contribution in [-0.2, 0) is 21.2 Å². The number of benzene rings is 2. The molecule has 1 fully saturated rings. The molecule has 4 N–H and O–H groups in total. The van der Waals surface area contributed by atoms with Gasteiger partial charge in [0.25, 0.3) is 10.9 Å². The summed E-state index contributed by atoms with van der Waals surface area (Å²) in [6.07, 6.45) is 2.90. The first-order valence-electron chi connectivity index (χ1n) is 11.4. The summed E-state index contributed by atoms with van der Waals surface area (Å²) in [4.78, 5) is 35.2. The molecular weight excluding hydrogens is 470 g/mol. The minimum Gasteiger partial charge on any atom is -0.480 e. The molecule has 1 aliphatic carbocycles. The van der Waals surface area contributed by atoms with Gasteiger partial charge < -0.3 is 15.7 Å². The molecule has 3 aromatic carbocycles. The molecular formula is C25H29N3O6S. The normalized spacial score (nSPS) is 14.0. The molecule has 1 unspecified atom stereocenters. The van der Waals surface area contributed by atoms with Crippen molar-refractivity contribution in [3.05, 3.63) is 74.5 Å². The summed E-state index contributed by atoms with van der Waals surface area (Å²) < 4.78 is 24.9. The van der Waals surface area contributed by atoms with Crippen LogP contribution in [0.1, 0.15) is 32.3 Å². The van der Waals surface area contributed by atoms with E-state index >= 15 is 0 Å². The SMILES string of the molecule is CC.CS(=O)(=O)NC(Cc1ccc(-c2cccc(Nc3c(NC4CC4)c(=O)c3=O)c2)cc1)C(=O)O. The molecule has 0 heterocycles. The second kappa shape index (κ2) is 10.8. The standard InChI is InChI=1S/C23H23N3O6S.C2H6/c1-33(31,32)26-18(23(29)30)11-13-5-7-14(8-6-13)15-3-2-4-17(12-15)25-20-19(21(27)22(20)28)24-16-9-10-16;1-2/h2-8,12,16,18,24-26H,9-11H2,1H3,(H,29,30);1-2H3. The van der Waals surface area contributed by atoms with Gasteiger partial charge in [-0.2, -0.15) is 0 Å². The largest absolute Gasteiger partial charge is 0.480 e. The lowest BCUT2D eigenvalue weighted by Gasteiger charge is -2.15. The highest BCUT2D eigenvalue weighted by atomic mass is 32.2. The number of rotatable bonds is 10. The number of hydrogen-bond acceptors (Lipinski definition) is 7. The van der Waals surface area contributed by atoms with Gasteiger partial charge in [-0.05, 0) is 48.1 Å². The maximum Gasteiger partial charge on any atom is 0.322 e. The summed E-state index contributed by atoms with van der Waals surface area (Å²) in [5.41, 5.74) is 2.61. The van der Waals surface area contributed by atoms with Gasteiger partial charge in [-0.15, -0.1) is 0 Å². The van der Waals surface area contributed by atoms with E-state index in [1.807, 2.05) is 44.2 Å². The van der Waals surface area contributed by atoms with Crippen molar-refractivity contribution in [1.29, 1.82) is 0 Å². The molecule has 4 rings (SSSR count). The maximum atomic E-state index is 12.0. The summed E-state index contributed by atoms with van der Waals surface area (Å²) in [5.74, 6) is -1.25. The van der Waals surface area contributed by atoms with E-state index in [4.69, 9.17) is 0 Å². The minimum absolute atomic E-state index is 0.00530. The predicted octanol–water partition coefficient (Wildman–Crippen LogP) is 2.84. The van der Waals surface area contributed by atoms with Gasteiger partial charge in [0.1, 0.15) is 17.4 Å². The molecule has 186 valence electrons. The Balaban J connectivity index is 0.00000167. The molecule has 1 atom stereocenters. The molecule has 0 radical (unpaired) electrons. The Labute approximate surface area is 203 Å². The van der Waals surface area contributed by atoms with E-state index in [0.717, 1.165) is 30.2 Å². The van der Waals surface area contributed by atoms with E-state index in [2.05, 4.69) is 15.4 Å². The smallest absolute Gasteiger partial charge is 0.322 e. The van der Waals surface area contributed by atoms with Crippen LogP contribution in [0.3, 0.4) is 0 Å². The highest BCUT2D eigenvalue weighted by molar-refractivity contribution is 7.88. The average Bonchev–Trinajstić information content (AvgIpc) is 3.66. The van der Waals surface area contributed by atoms with Crippen LogP contribution in [0.15, 0.2) is 58.1 Å². The van der Waals surface area contributed by atoms with E-state index in [9.17, 15) is 27.9 Å². The summed E-state index contributed by atoms with van der Waals surface area (Å²) in [5, 5.41) is 15.4. The molecule has 0 spiro atoms. The fourth-order valence-corrected chi connectivity index (χ4v) is 4.21. The van der Waals surface area contributed by atoms with Crippen LogP contribution >= 0.6 is 0 Å². The molecule has 9 nitrogen and oxygen atoms in total. The lowest BCUT2D eigenvalue weighted by molar-refractivity contribution is -0.138. The van der Waals surface area contributed by atoms with Crippen molar-refractivity contribution in [3.8, 4) is 11.1 Å². The number of nitrogens with one attached hydrogen (secondary N) is 3. The summed E-state index contributed by atoms with van der Waals surface area (Å²) >= 11 is 0. The Hall–Kier alpha value is -3.50. The first-order valence-corrected chi connectivity index (χ1v) is 13.3. The Kier molecular flexibility index (Phi) is 8.08. The molecule has 0 aromatic heterocycles. The van der Waals surface area contributed by atoms with Gasteiger partial charge in [-0.25, -0.2) is 13.1 Å². The van der Waals surface area contributed by atoms with Crippen LogP contribution in [0.5, 0.6) is 0 Å². The van der Waals surface area contributed by atoms with E-state index in [0.29, 0.717) is 16.9 Å². The number of carbonyl (C=O) groups is 1. The number of sulfonamides is 1. The number of hydrogen-bond donors (Lipinski definition) is 4. The molecule has 0 saturated heterocycles. The molecule has 0 aliphatic heterocycles. The predicted molar refractivity (Wildman–Crippen MR) is 138 cm³/mol. The zero-order valence-electron chi connectivity index (χ0n) is 19.8. The van der Waals surface area contributed by atoms with Crippen molar-refractivity contribution < 1.29 is 18.3 Å². The Morgan fingerprint density at radius 1 is 1.00 bits per heavy atom. The van der Waals surface area contributed by atoms with E-state index in [-0.39, 0.29) is 18.2 Å². The van der Waals surface area contributed by atoms with Gasteiger partial charge in [0.05, 0.1) is 6.26 Å². The Bertz CT molecular complexity index is 1370. The maximum absolute atomic E-state index is 12.0. The van der Waals surface area contributed by atoms with Gasteiger partial charge in [0.15, 0.2) is 0 Å². The lowest BCUT2D eigenvalue weighted by atomic mass is 10.0. The van der Waals surface area contributed by atoms with Crippen LogP contribution in [0, 0.1) is 0 Å². The van der Waals surface area contributed by atoms with E-state index < -0.39 is 32.9 Å². The van der Waals surface area contributed by atoms with Crippen molar-refractivity contribution in [1.82, 2.24) is 4.72 Å². The van der Waals surface area contributed by atoms with Crippen molar-refractivity contribution in [3.63, 3.8) is 0 Å². The summed E-state index contributed by atoms with van der Waals surface area (Å²) in [6, 6.07) is 13.4. The molecule has 0 amide bonds. The zero-order chi connectivity index (χ0) is 25.8. The van der Waals surface area contributed by atoms with Crippen LogP contribution in [-0.4, -0.2) is 37.8 Å². The fraction of sp³-hybridized carbons (Fsp3) is 0.320. The number of anilines is 3. The van der Waals surface area contributed by atoms with Crippen molar-refractivity contribution in [2.45, 2.75) is 45.2 Å². The van der Waals surface area contributed by atoms with Gasteiger partial charge >= 0.3 is 5.97 Å². The van der Waals surface area contributed by atoms with Crippen LogP contribution in [0.25, 0.3) is 11.1 Å². The third-order valence-corrected chi connectivity index (χ3v) is 6.06. The van der Waals surface area contributed by atoms with Crippen molar-refractivity contribution in [2.24, 2.45) is 0 Å². The van der Waals surface area contributed by atoms with E-state index in [1.54, 1.807) is 18.2 Å². The second-order valence-corrected chi connectivity index (χ2v) is 9.99. The van der Waals surface area contributed by atoms with Crippen LogP contribution < -0.4 is 26.2 Å². The first-order chi connectivity index (χ1) is 16.6. The molecule has 3 aromatic rings. The van der Waals surface area contributed by atoms with Gasteiger partial charge in [0.2, 0.25) is 10.0 Å². The lowest BCUT2D eigenvalue weighted by Crippen LogP contribution is -2.41. The molecule has 1 aliphatic rings.